The van der Waals surface area contributed by atoms with Crippen LogP contribution in [0.15, 0.2) is 22.8 Å². The van der Waals surface area contributed by atoms with Crippen LogP contribution >= 0.6 is 0 Å². The third-order valence-electron chi connectivity index (χ3n) is 4.03. The van der Waals surface area contributed by atoms with Gasteiger partial charge in [-0.3, -0.25) is 4.79 Å². The highest BCUT2D eigenvalue weighted by Gasteiger charge is 2.34. The number of carbonyl (C=O) groups is 1. The number of hydrogen-bond donors (Lipinski definition) is 2. The maximum absolute atomic E-state index is 11.8. The van der Waals surface area contributed by atoms with Crippen molar-refractivity contribution in [2.45, 2.75) is 25.3 Å². The van der Waals surface area contributed by atoms with Gasteiger partial charge >= 0.3 is 0 Å². The van der Waals surface area contributed by atoms with Crippen molar-refractivity contribution in [2.75, 3.05) is 13.1 Å². The maximum Gasteiger partial charge on any atom is 0.287 e. The normalized spacial score (nSPS) is 32.1. The Hall–Kier alpha value is -1.29. The number of rotatable bonds is 2. The first kappa shape index (κ1) is 10.8. The molecule has 2 heterocycles. The van der Waals surface area contributed by atoms with Gasteiger partial charge in [-0.15, -0.1) is 0 Å². The summed E-state index contributed by atoms with van der Waals surface area (Å²) in [7, 11) is 0. The van der Waals surface area contributed by atoms with Crippen LogP contribution in [0.25, 0.3) is 0 Å². The molecule has 1 saturated carbocycles. The summed E-state index contributed by atoms with van der Waals surface area (Å²) >= 11 is 0. The summed E-state index contributed by atoms with van der Waals surface area (Å²) in [6.07, 6.45) is 4.95. The molecule has 1 aromatic heterocycles. The molecule has 0 radical (unpaired) electrons. The zero-order valence-corrected chi connectivity index (χ0v) is 9.82. The van der Waals surface area contributed by atoms with E-state index in [4.69, 9.17) is 4.42 Å². The van der Waals surface area contributed by atoms with Crippen molar-refractivity contribution >= 4 is 5.91 Å². The Labute approximate surface area is 101 Å². The zero-order chi connectivity index (χ0) is 11.7. The fraction of sp³-hybridized carbons (Fsp3) is 0.615. The molecular weight excluding hydrogens is 216 g/mol. The number of amides is 1. The Balaban J connectivity index is 1.57. The summed E-state index contributed by atoms with van der Waals surface area (Å²) in [6.45, 7) is 2.27. The van der Waals surface area contributed by atoms with Crippen LogP contribution in [0.2, 0.25) is 0 Å². The van der Waals surface area contributed by atoms with Crippen molar-refractivity contribution in [3.05, 3.63) is 24.2 Å². The molecule has 4 heteroatoms. The summed E-state index contributed by atoms with van der Waals surface area (Å²) in [5.41, 5.74) is 0. The number of nitrogens with one attached hydrogen (secondary N) is 2. The van der Waals surface area contributed by atoms with Crippen LogP contribution in [0.4, 0.5) is 0 Å². The molecule has 1 aliphatic heterocycles. The van der Waals surface area contributed by atoms with Crippen LogP contribution in [-0.2, 0) is 0 Å². The van der Waals surface area contributed by atoms with Crippen LogP contribution in [0, 0.1) is 11.8 Å². The number of fused-ring (bicyclic) bond motifs is 1. The molecule has 0 spiro atoms. The van der Waals surface area contributed by atoms with Gasteiger partial charge in [0.2, 0.25) is 0 Å². The van der Waals surface area contributed by atoms with Crippen LogP contribution in [-0.4, -0.2) is 25.0 Å². The molecule has 2 N–H and O–H groups in total. The minimum atomic E-state index is -0.0793. The van der Waals surface area contributed by atoms with Gasteiger partial charge < -0.3 is 15.1 Å². The van der Waals surface area contributed by atoms with Gasteiger partial charge in [-0.1, -0.05) is 0 Å². The number of carbonyl (C=O) groups excluding carboxylic acids is 1. The zero-order valence-electron chi connectivity index (χ0n) is 9.82. The van der Waals surface area contributed by atoms with Crippen LogP contribution in [0.1, 0.15) is 29.8 Å². The summed E-state index contributed by atoms with van der Waals surface area (Å²) in [6, 6.07) is 3.76. The first-order chi connectivity index (χ1) is 8.33. The number of hydrogen-bond acceptors (Lipinski definition) is 3. The molecule has 3 atom stereocenters. The van der Waals surface area contributed by atoms with E-state index in [9.17, 15) is 4.79 Å². The van der Waals surface area contributed by atoms with Gasteiger partial charge in [-0.2, -0.15) is 0 Å². The Morgan fingerprint density at radius 2 is 2.24 bits per heavy atom. The van der Waals surface area contributed by atoms with E-state index >= 15 is 0 Å². The fourth-order valence-corrected chi connectivity index (χ4v) is 3.09. The predicted molar refractivity (Wildman–Crippen MR) is 63.7 cm³/mol. The van der Waals surface area contributed by atoms with Gasteiger partial charge in [0.05, 0.1) is 6.26 Å². The molecule has 2 fully saturated rings. The highest BCUT2D eigenvalue weighted by molar-refractivity contribution is 5.91. The molecular formula is C13H18N2O2. The second kappa shape index (κ2) is 4.53. The van der Waals surface area contributed by atoms with Crippen LogP contribution in [0.5, 0.6) is 0 Å². The summed E-state index contributed by atoms with van der Waals surface area (Å²) in [4.78, 5) is 11.8. The van der Waals surface area contributed by atoms with E-state index in [2.05, 4.69) is 10.6 Å². The molecule has 17 heavy (non-hydrogen) atoms. The van der Waals surface area contributed by atoms with Crippen molar-refractivity contribution in [1.29, 1.82) is 0 Å². The molecule has 92 valence electrons. The van der Waals surface area contributed by atoms with Crippen molar-refractivity contribution in [1.82, 2.24) is 10.6 Å². The molecule has 1 saturated heterocycles. The van der Waals surface area contributed by atoms with Crippen LogP contribution < -0.4 is 10.6 Å². The van der Waals surface area contributed by atoms with E-state index in [1.807, 2.05) is 0 Å². The van der Waals surface area contributed by atoms with Gasteiger partial charge in [0.25, 0.3) is 5.91 Å². The Bertz CT molecular complexity index is 388. The largest absolute Gasteiger partial charge is 0.459 e. The van der Waals surface area contributed by atoms with Gasteiger partial charge in [0, 0.05) is 6.04 Å². The Morgan fingerprint density at radius 3 is 3.06 bits per heavy atom. The van der Waals surface area contributed by atoms with Gasteiger partial charge in [0.15, 0.2) is 5.76 Å². The average Bonchev–Trinajstić information content (AvgIpc) is 2.99. The monoisotopic (exact) mass is 234 g/mol. The van der Waals surface area contributed by atoms with Crippen molar-refractivity contribution in [2.24, 2.45) is 11.8 Å². The second-order valence-corrected chi connectivity index (χ2v) is 5.14. The lowest BCUT2D eigenvalue weighted by Gasteiger charge is -2.31. The van der Waals surface area contributed by atoms with E-state index in [1.165, 1.54) is 12.7 Å². The SMILES string of the molecule is O=C(NC1CC[C@H]2CNC[C@H]2C1)c1ccco1. The lowest BCUT2D eigenvalue weighted by atomic mass is 9.79. The molecule has 1 aromatic rings. The van der Waals surface area contributed by atoms with E-state index in [-0.39, 0.29) is 5.91 Å². The van der Waals surface area contributed by atoms with Gasteiger partial charge in [-0.25, -0.2) is 0 Å². The minimum Gasteiger partial charge on any atom is -0.459 e. The predicted octanol–water partition coefficient (Wildman–Crippen LogP) is 1.40. The molecule has 1 aliphatic carbocycles. The molecule has 3 rings (SSSR count). The van der Waals surface area contributed by atoms with E-state index in [0.29, 0.717) is 11.8 Å². The Morgan fingerprint density at radius 1 is 1.35 bits per heavy atom. The topological polar surface area (TPSA) is 54.3 Å². The summed E-state index contributed by atoms with van der Waals surface area (Å²) in [5, 5.41) is 6.51. The maximum atomic E-state index is 11.8. The van der Waals surface area contributed by atoms with E-state index < -0.39 is 0 Å². The average molecular weight is 234 g/mol. The molecule has 0 aromatic carbocycles. The smallest absolute Gasteiger partial charge is 0.287 e. The standard InChI is InChI=1S/C13H18N2O2/c16-13(12-2-1-5-17-12)15-11-4-3-9-7-14-8-10(9)6-11/h1-2,5,9-11,14H,3-4,6-8H2,(H,15,16)/t9-,10+,11?/m0/s1. The van der Waals surface area contributed by atoms with Gasteiger partial charge in [0.1, 0.15) is 0 Å². The third-order valence-corrected chi connectivity index (χ3v) is 4.03. The molecule has 4 nitrogen and oxygen atoms in total. The first-order valence-electron chi connectivity index (χ1n) is 6.38. The highest BCUT2D eigenvalue weighted by atomic mass is 16.3. The molecule has 1 amide bonds. The lowest BCUT2D eigenvalue weighted by molar-refractivity contribution is 0.0885. The Kier molecular flexibility index (Phi) is 2.89. The quantitative estimate of drug-likeness (QED) is 0.813. The van der Waals surface area contributed by atoms with Crippen molar-refractivity contribution in [3.63, 3.8) is 0 Å². The number of furan rings is 1. The summed E-state index contributed by atoms with van der Waals surface area (Å²) < 4.78 is 5.10. The van der Waals surface area contributed by atoms with E-state index in [1.54, 1.807) is 12.1 Å². The van der Waals surface area contributed by atoms with Gasteiger partial charge in [-0.05, 0) is 56.3 Å². The first-order valence-corrected chi connectivity index (χ1v) is 6.38. The highest BCUT2D eigenvalue weighted by Crippen LogP contribution is 2.32. The molecule has 1 unspecified atom stereocenters. The molecule has 0 bridgehead atoms. The molecule has 2 aliphatic rings. The van der Waals surface area contributed by atoms with E-state index in [0.717, 1.165) is 37.8 Å². The van der Waals surface area contributed by atoms with Crippen molar-refractivity contribution < 1.29 is 9.21 Å². The lowest BCUT2D eigenvalue weighted by Crippen LogP contribution is -2.40. The third kappa shape index (κ3) is 2.22. The minimum absolute atomic E-state index is 0.0793. The second-order valence-electron chi connectivity index (χ2n) is 5.14. The van der Waals surface area contributed by atoms with Crippen LogP contribution in [0.3, 0.4) is 0 Å². The fourth-order valence-electron chi connectivity index (χ4n) is 3.09. The van der Waals surface area contributed by atoms with Crippen molar-refractivity contribution in [3.8, 4) is 0 Å². The summed E-state index contributed by atoms with van der Waals surface area (Å²) in [5.74, 6) is 1.90.